The Labute approximate surface area is 260 Å². The topological polar surface area (TPSA) is 63.6 Å². The second-order valence-corrected chi connectivity index (χ2v) is 17.0. The van der Waals surface area contributed by atoms with Crippen LogP contribution in [0.4, 0.5) is 0 Å². The molecular formula is C39H56O4. The molecule has 6 rings (SSSR count). The Balaban J connectivity index is 1.24. The molecule has 0 heterocycles. The maximum atomic E-state index is 13.7. The minimum Gasteiger partial charge on any atom is -0.481 e. The second kappa shape index (κ2) is 11.1. The van der Waals surface area contributed by atoms with Crippen LogP contribution in [0.5, 0.6) is 0 Å². The molecule has 4 fully saturated rings. The molecule has 1 N–H and O–H groups in total. The summed E-state index contributed by atoms with van der Waals surface area (Å²) in [4.78, 5) is 25.6. The number of carbonyl (C=O) groups excluding carboxylic acids is 1. The Morgan fingerprint density at radius 3 is 2.42 bits per heavy atom. The Morgan fingerprint density at radius 1 is 1.00 bits per heavy atom. The van der Waals surface area contributed by atoms with E-state index in [1.54, 1.807) is 0 Å². The van der Waals surface area contributed by atoms with E-state index in [1.807, 2.05) is 19.9 Å². The lowest BCUT2D eigenvalue weighted by molar-refractivity contribution is -0.162. The van der Waals surface area contributed by atoms with E-state index < -0.39 is 11.4 Å². The van der Waals surface area contributed by atoms with Gasteiger partial charge >= 0.3 is 5.97 Å². The molecule has 0 bridgehead atoms. The van der Waals surface area contributed by atoms with Crippen LogP contribution in [0, 0.1) is 57.2 Å². The van der Waals surface area contributed by atoms with Gasteiger partial charge in [0.05, 0.1) is 18.6 Å². The van der Waals surface area contributed by atoms with Gasteiger partial charge in [-0.15, -0.1) is 0 Å². The number of hydrogen-bond donors (Lipinski definition) is 1. The number of Topliss-reactive ketones (excluding diaryl/α,β-unsaturated/α-hetero) is 1. The monoisotopic (exact) mass is 588 g/mol. The van der Waals surface area contributed by atoms with E-state index in [1.165, 1.54) is 62.5 Å². The van der Waals surface area contributed by atoms with Crippen molar-refractivity contribution in [3.63, 3.8) is 0 Å². The van der Waals surface area contributed by atoms with E-state index >= 15 is 0 Å². The van der Waals surface area contributed by atoms with Gasteiger partial charge in [-0.05, 0) is 136 Å². The van der Waals surface area contributed by atoms with Gasteiger partial charge in [-0.3, -0.25) is 9.59 Å². The van der Waals surface area contributed by atoms with Crippen molar-refractivity contribution < 1.29 is 19.4 Å². The summed E-state index contributed by atoms with van der Waals surface area (Å²) in [5, 5.41) is 9.77. The Kier molecular flexibility index (Phi) is 8.05. The molecule has 8 atom stereocenters. The molecule has 8 unspecified atom stereocenters. The molecule has 0 radical (unpaired) electrons. The van der Waals surface area contributed by atoms with Gasteiger partial charge in [0.25, 0.3) is 0 Å². The number of rotatable bonds is 8. The zero-order valence-corrected chi connectivity index (χ0v) is 27.7. The van der Waals surface area contributed by atoms with Crippen molar-refractivity contribution in [2.24, 2.45) is 57.2 Å². The van der Waals surface area contributed by atoms with Gasteiger partial charge in [-0.2, -0.15) is 0 Å². The normalized spacial score (nSPS) is 39.2. The maximum Gasteiger partial charge on any atom is 0.309 e. The van der Waals surface area contributed by atoms with E-state index in [0.717, 1.165) is 24.3 Å². The summed E-state index contributed by atoms with van der Waals surface area (Å²) in [5.74, 6) is 3.10. The molecule has 1 aromatic carbocycles. The van der Waals surface area contributed by atoms with Gasteiger partial charge in [0.15, 0.2) is 5.78 Å². The molecular weight excluding hydrogens is 532 g/mol. The number of carboxylic acids is 1. The quantitative estimate of drug-likeness (QED) is 0.329. The first-order chi connectivity index (χ1) is 20.3. The third-order valence-electron chi connectivity index (χ3n) is 13.8. The van der Waals surface area contributed by atoms with Gasteiger partial charge < -0.3 is 9.84 Å². The lowest BCUT2D eigenvalue weighted by atomic mass is 9.38. The molecule has 0 spiro atoms. The Hall–Kier alpha value is -1.94. The van der Waals surface area contributed by atoms with Crippen LogP contribution in [0.2, 0.25) is 0 Å². The van der Waals surface area contributed by atoms with Crippen molar-refractivity contribution in [3.8, 4) is 0 Å². The summed E-state index contributed by atoms with van der Waals surface area (Å²) >= 11 is 0. The highest BCUT2D eigenvalue weighted by Crippen LogP contribution is 2.71. The van der Waals surface area contributed by atoms with Crippen LogP contribution >= 0.6 is 0 Å². The second-order valence-electron chi connectivity index (χ2n) is 17.0. The lowest BCUT2D eigenvalue weighted by Gasteiger charge is -2.66. The van der Waals surface area contributed by atoms with Crippen molar-refractivity contribution in [2.45, 2.75) is 119 Å². The van der Waals surface area contributed by atoms with Gasteiger partial charge in [-0.25, -0.2) is 0 Å². The van der Waals surface area contributed by atoms with Gasteiger partial charge in [0.2, 0.25) is 0 Å². The van der Waals surface area contributed by atoms with E-state index in [-0.39, 0.29) is 11.3 Å². The van der Waals surface area contributed by atoms with E-state index in [2.05, 4.69) is 52.0 Å². The first kappa shape index (κ1) is 31.1. The number of benzene rings is 1. The molecule has 4 heteroatoms. The molecule has 43 heavy (non-hydrogen) atoms. The summed E-state index contributed by atoms with van der Waals surface area (Å²) in [7, 11) is 0. The number of hydrogen-bond acceptors (Lipinski definition) is 3. The van der Waals surface area contributed by atoms with Crippen molar-refractivity contribution in [2.75, 3.05) is 6.61 Å². The van der Waals surface area contributed by atoms with Crippen LogP contribution in [0.15, 0.2) is 41.5 Å². The highest BCUT2D eigenvalue weighted by atomic mass is 16.5. The molecule has 4 saturated carbocycles. The Bertz CT molecular complexity index is 1260. The third-order valence-corrected chi connectivity index (χ3v) is 13.8. The average molecular weight is 589 g/mol. The van der Waals surface area contributed by atoms with E-state index in [0.29, 0.717) is 59.9 Å². The Morgan fingerprint density at radius 2 is 1.72 bits per heavy atom. The molecule has 236 valence electrons. The standard InChI is InChI=1S/C39H56O4/c1-25(2)33-31(40)22-39(24-43-23-26-10-8-7-9-11-26)19-16-30-29(34(33)39)12-13-32-37(5)17-14-27(21-36(3,4)35(41)42)20-28(37)15-18-38(30,32)6/h7-11,25,27-30,32H,12-24H2,1-6H3,(H,41,42). The number of carboxylic acid groups (broad SMARTS) is 1. The number of ketones is 1. The fraction of sp³-hybridized carbons (Fsp3) is 0.744. The minimum atomic E-state index is -0.658. The molecule has 0 aromatic heterocycles. The predicted molar refractivity (Wildman–Crippen MR) is 171 cm³/mol. The summed E-state index contributed by atoms with van der Waals surface area (Å²) in [5.41, 5.74) is 3.76. The first-order valence-corrected chi connectivity index (χ1v) is 17.4. The molecule has 0 amide bonds. The highest BCUT2D eigenvalue weighted by molar-refractivity contribution is 6.00. The fourth-order valence-corrected chi connectivity index (χ4v) is 11.8. The largest absolute Gasteiger partial charge is 0.481 e. The van der Waals surface area contributed by atoms with Crippen molar-refractivity contribution in [3.05, 3.63) is 47.0 Å². The zero-order valence-electron chi connectivity index (χ0n) is 27.7. The summed E-state index contributed by atoms with van der Waals surface area (Å²) in [6, 6.07) is 10.4. The first-order valence-electron chi connectivity index (χ1n) is 17.4. The molecule has 0 aliphatic heterocycles. The van der Waals surface area contributed by atoms with E-state index in [9.17, 15) is 14.7 Å². The number of ether oxygens (including phenoxy) is 1. The van der Waals surface area contributed by atoms with Crippen LogP contribution in [0.1, 0.15) is 118 Å². The zero-order chi connectivity index (χ0) is 30.8. The van der Waals surface area contributed by atoms with E-state index in [4.69, 9.17) is 4.74 Å². The van der Waals surface area contributed by atoms with Crippen LogP contribution in [-0.2, 0) is 20.9 Å². The average Bonchev–Trinajstić information content (AvgIpc) is 3.26. The van der Waals surface area contributed by atoms with Crippen LogP contribution in [0.25, 0.3) is 0 Å². The molecule has 4 nitrogen and oxygen atoms in total. The van der Waals surface area contributed by atoms with Gasteiger partial charge in [0.1, 0.15) is 0 Å². The molecule has 5 aliphatic carbocycles. The lowest BCUT2D eigenvalue weighted by Crippen LogP contribution is -2.58. The van der Waals surface area contributed by atoms with Gasteiger partial charge in [0, 0.05) is 11.8 Å². The maximum absolute atomic E-state index is 13.7. The minimum absolute atomic E-state index is 0.119. The number of carbonyl (C=O) groups is 2. The van der Waals surface area contributed by atoms with Crippen LogP contribution in [-0.4, -0.2) is 23.5 Å². The number of fused-ring (bicyclic) bond motifs is 7. The van der Waals surface area contributed by atoms with Crippen molar-refractivity contribution >= 4 is 11.8 Å². The predicted octanol–water partition coefficient (Wildman–Crippen LogP) is 9.27. The van der Waals surface area contributed by atoms with Crippen molar-refractivity contribution in [1.82, 2.24) is 0 Å². The molecule has 5 aliphatic rings. The van der Waals surface area contributed by atoms with Crippen molar-refractivity contribution in [1.29, 1.82) is 0 Å². The van der Waals surface area contributed by atoms with Crippen LogP contribution in [0.3, 0.4) is 0 Å². The molecule has 0 saturated heterocycles. The summed E-state index contributed by atoms with van der Waals surface area (Å²) < 4.78 is 6.47. The summed E-state index contributed by atoms with van der Waals surface area (Å²) in [6.45, 7) is 14.8. The van der Waals surface area contributed by atoms with Gasteiger partial charge in [-0.1, -0.05) is 63.6 Å². The third kappa shape index (κ3) is 5.16. The highest BCUT2D eigenvalue weighted by Gasteiger charge is 2.64. The SMILES string of the molecule is CC(C)C1=C2C3CCC4C5(C)CCC(CC(C)(C)C(=O)O)CC5CCC4(C)C3CCC2(COCc2ccccc2)CC1=O. The number of aliphatic carboxylic acids is 1. The fourth-order valence-electron chi connectivity index (χ4n) is 11.8. The summed E-state index contributed by atoms with van der Waals surface area (Å²) in [6.07, 6.45) is 12.4. The van der Waals surface area contributed by atoms with Crippen LogP contribution < -0.4 is 0 Å². The smallest absolute Gasteiger partial charge is 0.309 e. The molecule has 1 aromatic rings. The number of allylic oxidation sites excluding steroid dienone is 1.